The number of hydrogen-bond acceptors (Lipinski definition) is 14. The molecule has 5 heterocycles. The molecule has 4 aromatic heterocycles. The van der Waals surface area contributed by atoms with Crippen molar-refractivity contribution in [1.82, 2.24) is 29.7 Å². The minimum atomic E-state index is -4.75. The van der Waals surface area contributed by atoms with Crippen LogP contribution in [0.15, 0.2) is 80.5 Å². The average Bonchev–Trinajstić information content (AvgIpc) is 2.95. The number of hydrogen-bond donors (Lipinski definition) is 4. The summed E-state index contributed by atoms with van der Waals surface area (Å²) in [6, 6.07) is 8.78. The molecule has 0 saturated heterocycles. The molecule has 256 valence electrons. The van der Waals surface area contributed by atoms with Gasteiger partial charge in [0.2, 0.25) is 0 Å². The summed E-state index contributed by atoms with van der Waals surface area (Å²) in [5.74, 6) is 0. The maximum Gasteiger partial charge on any atom is 0.294 e. The lowest BCUT2D eigenvalue weighted by Crippen LogP contribution is -2.28. The lowest BCUT2D eigenvalue weighted by molar-refractivity contribution is 0.224. The fourth-order valence-electron chi connectivity index (χ4n) is 4.98. The Bertz CT molecular complexity index is 2120. The Balaban J connectivity index is 1.63. The first-order valence-corrected chi connectivity index (χ1v) is 19.2. The smallest absolute Gasteiger partial charge is 0.286 e. The number of pyridine rings is 4. The molecule has 0 unspecified atom stereocenters. The number of rotatable bonds is 8. The lowest BCUT2D eigenvalue weighted by atomic mass is 10.2. The number of aromatic nitrogens is 4. The van der Waals surface area contributed by atoms with Gasteiger partial charge in [-0.05, 0) is 48.5 Å². The zero-order chi connectivity index (χ0) is 35.1. The molecule has 0 spiro atoms. The van der Waals surface area contributed by atoms with E-state index >= 15 is 0 Å². The SMILES string of the molecule is O=S(=O)(O)c1ccnc(CN2Cc3cc(S(=O)(=O)O)cc(n3)CN(Cc3cc(S(=O)(=O)O)ccn3)Cc3cc(S(=O)(=O)O)cc(n3)C2)c1. The second-order valence-electron chi connectivity index (χ2n) is 10.7. The van der Waals surface area contributed by atoms with Gasteiger partial charge in [0.1, 0.15) is 0 Å². The summed E-state index contributed by atoms with van der Waals surface area (Å²) in [4.78, 5) is 18.6. The molecule has 0 saturated carbocycles. The number of nitrogens with zero attached hydrogens (tertiary/aromatic N) is 6. The van der Waals surface area contributed by atoms with Gasteiger partial charge < -0.3 is 0 Å². The predicted octanol–water partition coefficient (Wildman–Crippen LogP) is 0.972. The van der Waals surface area contributed by atoms with Crippen molar-refractivity contribution in [2.75, 3.05) is 0 Å². The van der Waals surface area contributed by atoms with Crippen molar-refractivity contribution in [2.24, 2.45) is 0 Å². The van der Waals surface area contributed by atoms with E-state index in [2.05, 4.69) is 19.9 Å². The van der Waals surface area contributed by atoms with Crippen LogP contribution in [0, 0.1) is 0 Å². The van der Waals surface area contributed by atoms with E-state index in [1.165, 1.54) is 0 Å². The van der Waals surface area contributed by atoms with Crippen LogP contribution in [0.5, 0.6) is 0 Å². The van der Waals surface area contributed by atoms with E-state index in [-0.39, 0.29) is 73.4 Å². The Morgan fingerprint density at radius 2 is 0.771 bits per heavy atom. The van der Waals surface area contributed by atoms with Gasteiger partial charge in [0.15, 0.2) is 0 Å². The Morgan fingerprint density at radius 3 is 1.04 bits per heavy atom. The van der Waals surface area contributed by atoms with Crippen LogP contribution in [0.3, 0.4) is 0 Å². The Morgan fingerprint density at radius 1 is 0.479 bits per heavy atom. The predicted molar refractivity (Wildman–Crippen MR) is 162 cm³/mol. The van der Waals surface area contributed by atoms with E-state index < -0.39 is 60.1 Å². The first kappa shape index (κ1) is 35.5. The molecule has 0 fully saturated rings. The normalized spacial score (nSPS) is 15.4. The number of fused-ring (bicyclic) bond motifs is 4. The van der Waals surface area contributed by atoms with Crippen molar-refractivity contribution >= 4 is 40.5 Å². The van der Waals surface area contributed by atoms with Crippen molar-refractivity contribution < 1.29 is 51.9 Å². The zero-order valence-corrected chi connectivity index (χ0v) is 27.7. The van der Waals surface area contributed by atoms with E-state index in [1.54, 1.807) is 9.80 Å². The largest absolute Gasteiger partial charge is 0.294 e. The summed E-state index contributed by atoms with van der Waals surface area (Å²) >= 11 is 0. The topological polar surface area (TPSA) is 276 Å². The molecule has 48 heavy (non-hydrogen) atoms. The molecule has 22 heteroatoms. The minimum Gasteiger partial charge on any atom is -0.286 e. The molecule has 4 aromatic rings. The van der Waals surface area contributed by atoms with Gasteiger partial charge in [-0.15, -0.1) is 0 Å². The van der Waals surface area contributed by atoms with E-state index in [4.69, 9.17) is 0 Å². The summed E-state index contributed by atoms with van der Waals surface area (Å²) < 4.78 is 135. The molecule has 0 aromatic carbocycles. The van der Waals surface area contributed by atoms with Crippen LogP contribution in [0.2, 0.25) is 0 Å². The molecule has 0 aliphatic carbocycles. The van der Waals surface area contributed by atoms with Crippen LogP contribution in [0.4, 0.5) is 0 Å². The van der Waals surface area contributed by atoms with Gasteiger partial charge in [0, 0.05) is 51.7 Å². The van der Waals surface area contributed by atoms with Crippen LogP contribution in [0.25, 0.3) is 0 Å². The Labute approximate surface area is 275 Å². The van der Waals surface area contributed by atoms with Crippen LogP contribution in [-0.4, -0.2) is 81.6 Å². The highest BCUT2D eigenvalue weighted by atomic mass is 32.2. The van der Waals surface area contributed by atoms with Gasteiger partial charge in [-0.1, -0.05) is 0 Å². The van der Waals surface area contributed by atoms with Gasteiger partial charge in [-0.2, -0.15) is 33.7 Å². The van der Waals surface area contributed by atoms with Crippen LogP contribution in [0.1, 0.15) is 34.2 Å². The molecule has 4 N–H and O–H groups in total. The summed E-state index contributed by atoms with van der Waals surface area (Å²) in [6.45, 7) is -1.02. The molecule has 1 aliphatic heterocycles. The van der Waals surface area contributed by atoms with Crippen molar-refractivity contribution in [3.63, 3.8) is 0 Å². The Kier molecular flexibility index (Phi) is 9.77. The third-order valence-corrected chi connectivity index (χ3v) is 10.3. The maximum atomic E-state index is 12.3. The van der Waals surface area contributed by atoms with E-state index in [9.17, 15) is 51.9 Å². The molecular weight excluding hydrogens is 717 g/mol. The van der Waals surface area contributed by atoms with Crippen molar-refractivity contribution in [2.45, 2.75) is 58.9 Å². The highest BCUT2D eigenvalue weighted by Crippen LogP contribution is 2.23. The minimum absolute atomic E-state index is 0.101. The van der Waals surface area contributed by atoms with Gasteiger partial charge in [0.05, 0.1) is 53.7 Å². The summed E-state index contributed by atoms with van der Waals surface area (Å²) in [6.07, 6.45) is 2.30. The van der Waals surface area contributed by atoms with Crippen molar-refractivity contribution in [1.29, 1.82) is 0 Å². The lowest BCUT2D eigenvalue weighted by Gasteiger charge is -2.26. The Hall–Kier alpha value is -3.84. The summed E-state index contributed by atoms with van der Waals surface area (Å²) in [5.41, 5.74) is 0.683. The van der Waals surface area contributed by atoms with E-state index in [0.29, 0.717) is 0 Å². The monoisotopic (exact) mass is 742 g/mol. The third-order valence-electron chi connectivity index (χ3n) is 6.89. The quantitative estimate of drug-likeness (QED) is 0.183. The molecule has 0 radical (unpaired) electrons. The molecule has 0 atom stereocenters. The maximum absolute atomic E-state index is 12.3. The van der Waals surface area contributed by atoms with Crippen molar-refractivity contribution in [3.8, 4) is 0 Å². The van der Waals surface area contributed by atoms with Crippen molar-refractivity contribution in [3.05, 3.63) is 95.1 Å². The second-order valence-corrected chi connectivity index (χ2v) is 16.4. The highest BCUT2D eigenvalue weighted by molar-refractivity contribution is 7.86. The van der Waals surface area contributed by atoms with Crippen LogP contribution >= 0.6 is 0 Å². The summed E-state index contributed by atoms with van der Waals surface area (Å²) in [5, 5.41) is 0. The fourth-order valence-corrected chi connectivity index (χ4v) is 7.15. The molecule has 1 aliphatic rings. The highest BCUT2D eigenvalue weighted by Gasteiger charge is 2.23. The van der Waals surface area contributed by atoms with Gasteiger partial charge in [0.25, 0.3) is 40.5 Å². The first-order chi connectivity index (χ1) is 22.2. The second kappa shape index (κ2) is 13.2. The van der Waals surface area contributed by atoms with Gasteiger partial charge in [-0.25, -0.2) is 0 Å². The standard InChI is InChI=1S/C26H26N6O12S4/c33-45(34,35)23-1-3-27-17(5-23)11-31-13-19-7-25(47(39,40)41)9-21(29-19)15-32(12-18-6-24(2-4-28-18)46(36,37)38)16-22-10-26(48(42,43)44)8-20(14-31)30-22/h1-10H,11-16H2,(H,33,34,35)(H,36,37,38)(H,39,40,41)(H,42,43,44). The molecule has 18 nitrogen and oxygen atoms in total. The van der Waals surface area contributed by atoms with E-state index in [0.717, 1.165) is 60.9 Å². The van der Waals surface area contributed by atoms with Gasteiger partial charge >= 0.3 is 0 Å². The third kappa shape index (κ3) is 9.19. The molecule has 4 bridgehead atoms. The summed E-state index contributed by atoms with van der Waals surface area (Å²) in [7, 11) is -18.7. The fraction of sp³-hybridized carbons (Fsp3) is 0.231. The first-order valence-electron chi connectivity index (χ1n) is 13.5. The van der Waals surface area contributed by atoms with Gasteiger partial charge in [-0.3, -0.25) is 47.9 Å². The molecule has 5 rings (SSSR count). The van der Waals surface area contributed by atoms with Crippen LogP contribution in [-0.2, 0) is 79.7 Å². The molecular formula is C26H26N6O12S4. The average molecular weight is 743 g/mol. The zero-order valence-electron chi connectivity index (χ0n) is 24.4. The van der Waals surface area contributed by atoms with E-state index in [1.807, 2.05) is 0 Å². The van der Waals surface area contributed by atoms with Crippen LogP contribution < -0.4 is 0 Å². The molecule has 0 amide bonds.